The molecule has 0 unspecified atom stereocenters. The number of methoxy groups -OCH3 is 1. The van der Waals surface area contributed by atoms with E-state index in [2.05, 4.69) is 5.32 Å². The van der Waals surface area contributed by atoms with Crippen molar-refractivity contribution in [1.29, 1.82) is 0 Å². The molecule has 0 bridgehead atoms. The summed E-state index contributed by atoms with van der Waals surface area (Å²) in [6.45, 7) is 0.861. The number of hydrogen-bond donors (Lipinski definition) is 1. The molecule has 7 nitrogen and oxygen atoms in total. The summed E-state index contributed by atoms with van der Waals surface area (Å²) >= 11 is 0. The van der Waals surface area contributed by atoms with Crippen LogP contribution in [-0.2, 0) is 16.0 Å². The van der Waals surface area contributed by atoms with Gasteiger partial charge in [0.05, 0.1) is 19.7 Å². The lowest BCUT2D eigenvalue weighted by Gasteiger charge is -2.42. The van der Waals surface area contributed by atoms with Crippen LogP contribution >= 0.6 is 0 Å². The Bertz CT molecular complexity index is 905. The number of imide groups is 1. The van der Waals surface area contributed by atoms with Crippen LogP contribution in [0.4, 0.5) is 4.79 Å². The van der Waals surface area contributed by atoms with E-state index in [1.165, 1.54) is 4.90 Å². The van der Waals surface area contributed by atoms with Gasteiger partial charge in [-0.3, -0.25) is 14.5 Å². The highest BCUT2D eigenvalue weighted by Crippen LogP contribution is 2.29. The van der Waals surface area contributed by atoms with Crippen LogP contribution in [0.25, 0.3) is 10.8 Å². The van der Waals surface area contributed by atoms with Crippen molar-refractivity contribution in [1.82, 2.24) is 15.1 Å². The minimum absolute atomic E-state index is 0.0216. The van der Waals surface area contributed by atoms with Gasteiger partial charge in [-0.1, -0.05) is 30.3 Å². The first-order chi connectivity index (χ1) is 13.1. The topological polar surface area (TPSA) is 79.0 Å². The Morgan fingerprint density at radius 3 is 2.67 bits per heavy atom. The first-order valence-corrected chi connectivity index (χ1v) is 9.00. The molecule has 140 valence electrons. The Morgan fingerprint density at radius 1 is 1.19 bits per heavy atom. The Labute approximate surface area is 156 Å². The van der Waals surface area contributed by atoms with Crippen molar-refractivity contribution >= 4 is 28.6 Å². The standard InChI is InChI=1S/C20H21N3O4/c1-27-17-8-6-13-4-2-3-5-15(13)16(17)7-9-18(24)22-11-14(12-22)23-19(25)10-21-20(23)26/h2-6,8,14H,7,9-12H2,1H3,(H,21,26). The highest BCUT2D eigenvalue weighted by molar-refractivity contribution is 6.02. The third-order valence-corrected chi connectivity index (χ3v) is 5.26. The molecule has 0 atom stereocenters. The second-order valence-electron chi connectivity index (χ2n) is 6.84. The highest BCUT2D eigenvalue weighted by atomic mass is 16.5. The maximum Gasteiger partial charge on any atom is 0.324 e. The van der Waals surface area contributed by atoms with Gasteiger partial charge in [-0.15, -0.1) is 0 Å². The number of rotatable bonds is 5. The molecule has 2 aliphatic heterocycles. The van der Waals surface area contributed by atoms with Crippen molar-refractivity contribution < 1.29 is 19.1 Å². The number of fused-ring (bicyclic) bond motifs is 1. The fourth-order valence-corrected chi connectivity index (χ4v) is 3.78. The molecule has 0 spiro atoms. The van der Waals surface area contributed by atoms with Crippen LogP contribution in [0.5, 0.6) is 5.75 Å². The quantitative estimate of drug-likeness (QED) is 0.813. The van der Waals surface area contributed by atoms with Crippen molar-refractivity contribution in [3.8, 4) is 5.75 Å². The molecule has 2 aliphatic rings. The van der Waals surface area contributed by atoms with Crippen molar-refractivity contribution in [2.75, 3.05) is 26.7 Å². The van der Waals surface area contributed by atoms with Gasteiger partial charge in [0.15, 0.2) is 0 Å². The molecular weight excluding hydrogens is 346 g/mol. The number of hydrogen-bond acceptors (Lipinski definition) is 4. The monoisotopic (exact) mass is 367 g/mol. The lowest BCUT2D eigenvalue weighted by Crippen LogP contribution is -2.62. The van der Waals surface area contributed by atoms with E-state index < -0.39 is 0 Å². The Kier molecular flexibility index (Phi) is 4.43. The van der Waals surface area contributed by atoms with Gasteiger partial charge in [0.2, 0.25) is 11.8 Å². The molecule has 2 fully saturated rings. The summed E-state index contributed by atoms with van der Waals surface area (Å²) < 4.78 is 5.48. The average Bonchev–Trinajstić information content (AvgIpc) is 2.97. The van der Waals surface area contributed by atoms with Crippen LogP contribution in [-0.4, -0.2) is 60.4 Å². The zero-order chi connectivity index (χ0) is 19.0. The Hall–Kier alpha value is -3.09. The van der Waals surface area contributed by atoms with E-state index in [0.29, 0.717) is 25.9 Å². The molecule has 2 aromatic carbocycles. The summed E-state index contributed by atoms with van der Waals surface area (Å²) in [6, 6.07) is 11.4. The third-order valence-electron chi connectivity index (χ3n) is 5.26. The molecule has 0 saturated carbocycles. The zero-order valence-corrected chi connectivity index (χ0v) is 15.1. The Morgan fingerprint density at radius 2 is 1.96 bits per heavy atom. The molecule has 1 N–H and O–H groups in total. The van der Waals surface area contributed by atoms with E-state index in [1.807, 2.05) is 36.4 Å². The Balaban J connectivity index is 1.40. The van der Waals surface area contributed by atoms with E-state index in [4.69, 9.17) is 4.74 Å². The van der Waals surface area contributed by atoms with Gasteiger partial charge in [-0.05, 0) is 23.3 Å². The number of carbonyl (C=O) groups is 3. The van der Waals surface area contributed by atoms with Crippen LogP contribution in [0.1, 0.15) is 12.0 Å². The molecule has 0 aliphatic carbocycles. The molecular formula is C20H21N3O4. The molecule has 7 heteroatoms. The van der Waals surface area contributed by atoms with E-state index in [1.54, 1.807) is 12.0 Å². The third kappa shape index (κ3) is 3.09. The number of benzene rings is 2. The van der Waals surface area contributed by atoms with Crippen LogP contribution in [0.3, 0.4) is 0 Å². The van der Waals surface area contributed by atoms with Crippen molar-refractivity contribution in [2.45, 2.75) is 18.9 Å². The number of urea groups is 1. The zero-order valence-electron chi connectivity index (χ0n) is 15.1. The van der Waals surface area contributed by atoms with E-state index in [9.17, 15) is 14.4 Å². The summed E-state index contributed by atoms with van der Waals surface area (Å²) in [4.78, 5) is 38.9. The van der Waals surface area contributed by atoms with E-state index >= 15 is 0 Å². The molecule has 27 heavy (non-hydrogen) atoms. The molecule has 2 saturated heterocycles. The van der Waals surface area contributed by atoms with Gasteiger partial charge in [0.25, 0.3) is 0 Å². The number of ether oxygens (including phenoxy) is 1. The lowest BCUT2D eigenvalue weighted by atomic mass is 9.98. The lowest BCUT2D eigenvalue weighted by molar-refractivity contribution is -0.142. The van der Waals surface area contributed by atoms with Gasteiger partial charge in [0, 0.05) is 25.1 Å². The highest BCUT2D eigenvalue weighted by Gasteiger charge is 2.42. The summed E-state index contributed by atoms with van der Waals surface area (Å²) in [5, 5.41) is 4.71. The summed E-state index contributed by atoms with van der Waals surface area (Å²) in [6.07, 6.45) is 0.935. The van der Waals surface area contributed by atoms with Gasteiger partial charge < -0.3 is 15.0 Å². The van der Waals surface area contributed by atoms with Crippen LogP contribution in [0, 0.1) is 0 Å². The second-order valence-corrected chi connectivity index (χ2v) is 6.84. The summed E-state index contributed by atoms with van der Waals surface area (Å²) in [5.74, 6) is 0.577. The van der Waals surface area contributed by atoms with Gasteiger partial charge in [-0.25, -0.2) is 4.79 Å². The fraction of sp³-hybridized carbons (Fsp3) is 0.350. The predicted molar refractivity (Wildman–Crippen MR) is 99.4 cm³/mol. The second kappa shape index (κ2) is 6.90. The molecule has 2 aromatic rings. The molecule has 4 amide bonds. The number of aryl methyl sites for hydroxylation is 1. The SMILES string of the molecule is COc1ccc2ccccc2c1CCC(=O)N1CC(N2C(=O)CNC2=O)C1. The minimum Gasteiger partial charge on any atom is -0.496 e. The smallest absolute Gasteiger partial charge is 0.324 e. The van der Waals surface area contributed by atoms with E-state index in [-0.39, 0.29) is 30.4 Å². The number of nitrogens with zero attached hydrogens (tertiary/aromatic N) is 2. The van der Waals surface area contributed by atoms with Crippen LogP contribution < -0.4 is 10.1 Å². The van der Waals surface area contributed by atoms with Crippen molar-refractivity contribution in [3.05, 3.63) is 42.0 Å². The maximum atomic E-state index is 12.5. The summed E-state index contributed by atoms with van der Waals surface area (Å²) in [7, 11) is 1.63. The minimum atomic E-state index is -0.363. The first-order valence-electron chi connectivity index (χ1n) is 9.00. The van der Waals surface area contributed by atoms with Gasteiger partial charge in [0.1, 0.15) is 5.75 Å². The average molecular weight is 367 g/mol. The summed E-state index contributed by atoms with van der Waals surface area (Å²) in [5.41, 5.74) is 1.02. The van der Waals surface area contributed by atoms with Crippen LogP contribution in [0.2, 0.25) is 0 Å². The number of amides is 4. The maximum absolute atomic E-state index is 12.5. The fourth-order valence-electron chi connectivity index (χ4n) is 3.78. The van der Waals surface area contributed by atoms with Gasteiger partial charge in [-0.2, -0.15) is 0 Å². The first kappa shape index (κ1) is 17.3. The van der Waals surface area contributed by atoms with E-state index in [0.717, 1.165) is 22.1 Å². The predicted octanol–water partition coefficient (Wildman–Crippen LogP) is 1.54. The normalized spacial score (nSPS) is 17.2. The number of carbonyl (C=O) groups excluding carboxylic acids is 3. The molecule has 0 aromatic heterocycles. The molecule has 2 heterocycles. The largest absolute Gasteiger partial charge is 0.496 e. The molecule has 0 radical (unpaired) electrons. The van der Waals surface area contributed by atoms with Crippen LogP contribution in [0.15, 0.2) is 36.4 Å². The van der Waals surface area contributed by atoms with Crippen molar-refractivity contribution in [3.63, 3.8) is 0 Å². The number of nitrogens with one attached hydrogen (secondary N) is 1. The van der Waals surface area contributed by atoms with Crippen molar-refractivity contribution in [2.24, 2.45) is 0 Å². The number of likely N-dealkylation sites (tertiary alicyclic amines) is 1. The van der Waals surface area contributed by atoms with Gasteiger partial charge >= 0.3 is 6.03 Å². The molecule has 4 rings (SSSR count).